The van der Waals surface area contributed by atoms with Crippen molar-refractivity contribution in [3.63, 3.8) is 0 Å². The molecule has 0 aliphatic carbocycles. The number of nitrogens with two attached hydrogens (primary N) is 1. The van der Waals surface area contributed by atoms with Crippen LogP contribution in [0, 0.1) is 11.7 Å². The lowest BCUT2D eigenvalue weighted by Gasteiger charge is -2.25. The number of hydrogen-bond acceptors (Lipinski definition) is 6. The molecule has 150 valence electrons. The van der Waals surface area contributed by atoms with Crippen LogP contribution in [0.1, 0.15) is 21.5 Å². The Labute approximate surface area is 171 Å². The zero-order valence-electron chi connectivity index (χ0n) is 15.8. The zero-order chi connectivity index (χ0) is 20.8. The Balaban J connectivity index is 1.45. The molecular formula is C22H17FN4O3. The van der Waals surface area contributed by atoms with E-state index in [0.29, 0.717) is 47.7 Å². The number of aromatic carboxylic acids is 1. The van der Waals surface area contributed by atoms with Crippen molar-refractivity contribution in [2.45, 2.75) is 12.8 Å². The van der Waals surface area contributed by atoms with Crippen LogP contribution in [0.25, 0.3) is 11.3 Å². The van der Waals surface area contributed by atoms with Gasteiger partial charge in [-0.25, -0.2) is 19.2 Å². The zero-order valence-corrected chi connectivity index (χ0v) is 15.8. The number of halogens is 1. The van der Waals surface area contributed by atoms with Crippen LogP contribution in [0.2, 0.25) is 0 Å². The van der Waals surface area contributed by atoms with E-state index in [4.69, 9.17) is 10.5 Å². The fraction of sp³-hybridized carbons (Fsp3) is 0.182. The first-order chi connectivity index (χ1) is 14.5. The summed E-state index contributed by atoms with van der Waals surface area (Å²) < 4.78 is 20.6. The minimum atomic E-state index is -0.981. The lowest BCUT2D eigenvalue weighted by molar-refractivity contribution is 0.0696. The fourth-order valence-corrected chi connectivity index (χ4v) is 3.93. The highest BCUT2D eigenvalue weighted by Crippen LogP contribution is 2.37. The number of carboxylic acid groups (broad SMARTS) is 1. The van der Waals surface area contributed by atoms with E-state index in [0.717, 1.165) is 11.3 Å². The predicted molar refractivity (Wildman–Crippen MR) is 109 cm³/mol. The van der Waals surface area contributed by atoms with Crippen molar-refractivity contribution in [1.29, 1.82) is 0 Å². The number of benzene rings is 2. The fourth-order valence-electron chi connectivity index (χ4n) is 3.93. The van der Waals surface area contributed by atoms with Gasteiger partial charge in [0.05, 0.1) is 23.6 Å². The van der Waals surface area contributed by atoms with Crippen LogP contribution >= 0.6 is 0 Å². The summed E-state index contributed by atoms with van der Waals surface area (Å²) in [7, 11) is 0. The second-order valence-corrected chi connectivity index (χ2v) is 7.38. The number of nitrogen functional groups attached to an aromatic ring is 1. The molecule has 5 rings (SSSR count). The number of aliphatic imine (C=N–C) groups is 1. The Morgan fingerprint density at radius 3 is 2.90 bits per heavy atom. The van der Waals surface area contributed by atoms with E-state index in [1.807, 2.05) is 0 Å². The van der Waals surface area contributed by atoms with Gasteiger partial charge in [-0.2, -0.15) is 0 Å². The van der Waals surface area contributed by atoms with Crippen molar-refractivity contribution < 1.29 is 19.0 Å². The van der Waals surface area contributed by atoms with Gasteiger partial charge in [0.15, 0.2) is 0 Å². The molecule has 1 atom stereocenters. The molecule has 2 aromatic carbocycles. The van der Waals surface area contributed by atoms with Gasteiger partial charge < -0.3 is 15.6 Å². The third-order valence-electron chi connectivity index (χ3n) is 5.45. The smallest absolute Gasteiger partial charge is 0.335 e. The van der Waals surface area contributed by atoms with E-state index in [2.05, 4.69) is 15.0 Å². The highest BCUT2D eigenvalue weighted by Gasteiger charge is 2.30. The van der Waals surface area contributed by atoms with Crippen molar-refractivity contribution in [1.82, 2.24) is 9.97 Å². The summed E-state index contributed by atoms with van der Waals surface area (Å²) >= 11 is 0. The van der Waals surface area contributed by atoms with Gasteiger partial charge in [-0.15, -0.1) is 0 Å². The maximum absolute atomic E-state index is 14.8. The molecule has 0 bridgehead atoms. The molecule has 0 radical (unpaired) electrons. The van der Waals surface area contributed by atoms with E-state index in [1.54, 1.807) is 24.3 Å². The number of ether oxygens (including phenoxy) is 1. The van der Waals surface area contributed by atoms with Gasteiger partial charge in [-0.3, -0.25) is 4.99 Å². The normalized spacial score (nSPS) is 17.0. The monoisotopic (exact) mass is 404 g/mol. The van der Waals surface area contributed by atoms with Gasteiger partial charge in [0.2, 0.25) is 5.95 Å². The van der Waals surface area contributed by atoms with Crippen molar-refractivity contribution in [3.05, 3.63) is 65.1 Å². The SMILES string of the molecule is Nc1nccc(-c2cc(F)c3c(c2)N=C(C2COc4ccc(C(=O)O)cc4C2)C3)n1. The van der Waals surface area contributed by atoms with Gasteiger partial charge >= 0.3 is 5.97 Å². The molecule has 0 spiro atoms. The van der Waals surface area contributed by atoms with Gasteiger partial charge in [-0.1, -0.05) is 0 Å². The molecule has 7 nitrogen and oxygen atoms in total. The average molecular weight is 404 g/mol. The molecule has 0 amide bonds. The summed E-state index contributed by atoms with van der Waals surface area (Å²) in [5.41, 5.74) is 9.74. The molecular weight excluding hydrogens is 387 g/mol. The predicted octanol–water partition coefficient (Wildman–Crippen LogP) is 3.44. The molecule has 0 saturated carbocycles. The number of carbonyl (C=O) groups is 1. The summed E-state index contributed by atoms with van der Waals surface area (Å²) in [6.45, 7) is 0.420. The summed E-state index contributed by atoms with van der Waals surface area (Å²) in [5.74, 6) is -0.570. The van der Waals surface area contributed by atoms with Gasteiger partial charge in [-0.05, 0) is 48.4 Å². The van der Waals surface area contributed by atoms with Crippen molar-refractivity contribution >= 4 is 23.3 Å². The van der Waals surface area contributed by atoms with Crippen LogP contribution in [-0.2, 0) is 12.8 Å². The maximum atomic E-state index is 14.8. The number of nitrogens with zero attached hydrogens (tertiary/aromatic N) is 3. The van der Waals surface area contributed by atoms with Crippen LogP contribution in [0.4, 0.5) is 16.0 Å². The Kier molecular flexibility index (Phi) is 4.20. The van der Waals surface area contributed by atoms with E-state index in [-0.39, 0.29) is 23.2 Å². The first-order valence-corrected chi connectivity index (χ1v) is 9.45. The Morgan fingerprint density at radius 2 is 2.10 bits per heavy atom. The minimum Gasteiger partial charge on any atom is -0.493 e. The molecule has 0 fully saturated rings. The molecule has 2 aliphatic heterocycles. The highest BCUT2D eigenvalue weighted by molar-refractivity contribution is 5.97. The van der Waals surface area contributed by atoms with Gasteiger partial charge in [0.25, 0.3) is 0 Å². The molecule has 3 N–H and O–H groups in total. The quantitative estimate of drug-likeness (QED) is 0.692. The third kappa shape index (κ3) is 3.16. The van der Waals surface area contributed by atoms with E-state index >= 15 is 0 Å². The number of fused-ring (bicyclic) bond motifs is 2. The van der Waals surface area contributed by atoms with Crippen molar-refractivity contribution in [3.8, 4) is 17.0 Å². The largest absolute Gasteiger partial charge is 0.493 e. The van der Waals surface area contributed by atoms with Crippen LogP contribution in [0.5, 0.6) is 5.75 Å². The molecule has 8 heteroatoms. The molecule has 2 aliphatic rings. The number of carboxylic acids is 1. The molecule has 30 heavy (non-hydrogen) atoms. The first-order valence-electron chi connectivity index (χ1n) is 9.45. The average Bonchev–Trinajstić information content (AvgIpc) is 3.18. The summed E-state index contributed by atoms with van der Waals surface area (Å²) in [5, 5.41) is 9.23. The molecule has 3 heterocycles. The standard InChI is InChI=1S/C22H17FN4O3/c23-16-7-12(17-3-4-25-22(24)27-17)8-19-15(16)9-18(26-19)14-6-13-5-11(21(28)29)1-2-20(13)30-10-14/h1-5,7-8,14H,6,9-10H2,(H,28,29)(H2,24,25,27). The maximum Gasteiger partial charge on any atom is 0.335 e. The second-order valence-electron chi connectivity index (χ2n) is 7.38. The summed E-state index contributed by atoms with van der Waals surface area (Å²) in [6.07, 6.45) is 2.52. The minimum absolute atomic E-state index is 0.0495. The Bertz CT molecular complexity index is 1220. The Morgan fingerprint density at radius 1 is 1.23 bits per heavy atom. The molecule has 1 unspecified atom stereocenters. The number of rotatable bonds is 3. The number of aromatic nitrogens is 2. The van der Waals surface area contributed by atoms with Crippen molar-refractivity contribution in [2.75, 3.05) is 12.3 Å². The Hall–Kier alpha value is -3.81. The number of anilines is 1. The summed E-state index contributed by atoms with van der Waals surface area (Å²) in [4.78, 5) is 24.0. The van der Waals surface area contributed by atoms with Crippen LogP contribution < -0.4 is 10.5 Å². The van der Waals surface area contributed by atoms with Crippen LogP contribution in [-0.4, -0.2) is 33.4 Å². The van der Waals surface area contributed by atoms with Crippen molar-refractivity contribution in [2.24, 2.45) is 10.9 Å². The lowest BCUT2D eigenvalue weighted by atomic mass is 9.89. The lowest BCUT2D eigenvalue weighted by Crippen LogP contribution is -2.28. The molecule has 3 aromatic rings. The number of hydrogen-bond donors (Lipinski definition) is 2. The van der Waals surface area contributed by atoms with Gasteiger partial charge in [0.1, 0.15) is 11.6 Å². The van der Waals surface area contributed by atoms with E-state index < -0.39 is 5.97 Å². The molecule has 0 saturated heterocycles. The van der Waals surface area contributed by atoms with Crippen LogP contribution in [0.15, 0.2) is 47.6 Å². The van der Waals surface area contributed by atoms with Gasteiger partial charge in [0, 0.05) is 35.4 Å². The second kappa shape index (κ2) is 6.91. The molecule has 1 aromatic heterocycles. The first kappa shape index (κ1) is 18.2. The van der Waals surface area contributed by atoms with E-state index in [9.17, 15) is 14.3 Å². The van der Waals surface area contributed by atoms with E-state index in [1.165, 1.54) is 18.3 Å². The topological polar surface area (TPSA) is 111 Å². The summed E-state index contributed by atoms with van der Waals surface area (Å²) in [6, 6.07) is 9.74. The highest BCUT2D eigenvalue weighted by atomic mass is 19.1. The third-order valence-corrected chi connectivity index (χ3v) is 5.45. The van der Waals surface area contributed by atoms with Crippen LogP contribution in [0.3, 0.4) is 0 Å².